The molecule has 2 nitrogen and oxygen atoms in total. The Kier molecular flexibility index (Phi) is 4.13. The molecule has 3 rings (SSSR count). The summed E-state index contributed by atoms with van der Waals surface area (Å²) in [5, 5.41) is 4.80. The van der Waals surface area contributed by atoms with Crippen molar-refractivity contribution < 1.29 is 0 Å². The van der Waals surface area contributed by atoms with E-state index in [0.717, 1.165) is 40.9 Å². The van der Waals surface area contributed by atoms with E-state index in [1.165, 1.54) is 11.1 Å². The van der Waals surface area contributed by atoms with E-state index in [-0.39, 0.29) is 0 Å². The van der Waals surface area contributed by atoms with Crippen LogP contribution in [-0.2, 0) is 13.0 Å². The normalized spacial score (nSPS) is 13.7. The largest absolute Gasteiger partial charge is 0.344 e. The summed E-state index contributed by atoms with van der Waals surface area (Å²) in [6, 6.07) is 14.4. The molecule has 0 unspecified atom stereocenters. The van der Waals surface area contributed by atoms with Gasteiger partial charge in [0.2, 0.25) is 0 Å². The van der Waals surface area contributed by atoms with Crippen molar-refractivity contribution in [3.05, 3.63) is 64.2 Å². The summed E-state index contributed by atoms with van der Waals surface area (Å²) in [4.78, 5) is 2.21. The van der Waals surface area contributed by atoms with Gasteiger partial charge in [-0.25, -0.2) is 0 Å². The van der Waals surface area contributed by atoms with E-state index < -0.39 is 0 Å². The summed E-state index contributed by atoms with van der Waals surface area (Å²) in [5.74, 6) is 0. The fourth-order valence-corrected chi connectivity index (χ4v) is 3.03. The van der Waals surface area contributed by atoms with Gasteiger partial charge in [-0.05, 0) is 54.4 Å². The molecule has 0 aromatic heterocycles. The highest BCUT2D eigenvalue weighted by atomic mass is 35.5. The Hall–Kier alpha value is -1.58. The number of hydrogen-bond donors (Lipinski definition) is 1. The maximum atomic E-state index is 6.06. The number of anilines is 1. The van der Waals surface area contributed by atoms with Gasteiger partial charge in [-0.15, -0.1) is 0 Å². The third-order valence-corrected chi connectivity index (χ3v) is 4.45. The highest BCUT2D eigenvalue weighted by Crippen LogP contribution is 2.23. The van der Waals surface area contributed by atoms with Crippen molar-refractivity contribution in [1.82, 2.24) is 4.90 Å². The van der Waals surface area contributed by atoms with E-state index in [4.69, 9.17) is 23.8 Å². The predicted molar refractivity (Wildman–Crippen MR) is 93.0 cm³/mol. The summed E-state index contributed by atoms with van der Waals surface area (Å²) in [5.41, 5.74) is 4.90. The minimum Gasteiger partial charge on any atom is -0.344 e. The third-order valence-electron chi connectivity index (χ3n) is 3.86. The van der Waals surface area contributed by atoms with Gasteiger partial charge in [0, 0.05) is 23.8 Å². The maximum absolute atomic E-state index is 6.06. The van der Waals surface area contributed by atoms with Crippen LogP contribution in [0.5, 0.6) is 0 Å². The van der Waals surface area contributed by atoms with Gasteiger partial charge in [-0.1, -0.05) is 41.9 Å². The van der Waals surface area contributed by atoms with Crippen LogP contribution in [0.15, 0.2) is 42.5 Å². The van der Waals surface area contributed by atoms with Crippen molar-refractivity contribution in [2.75, 3.05) is 11.9 Å². The molecule has 0 saturated carbocycles. The lowest BCUT2D eigenvalue weighted by Gasteiger charge is -2.31. The lowest BCUT2D eigenvalue weighted by molar-refractivity contribution is 0.399. The van der Waals surface area contributed by atoms with E-state index in [1.54, 1.807) is 0 Å². The van der Waals surface area contributed by atoms with Crippen LogP contribution >= 0.6 is 23.8 Å². The number of thiocarbonyl (C=S) groups is 1. The molecular formula is C17H17ClN2S. The van der Waals surface area contributed by atoms with Crippen molar-refractivity contribution in [2.24, 2.45) is 0 Å². The van der Waals surface area contributed by atoms with Gasteiger partial charge in [0.25, 0.3) is 0 Å². The van der Waals surface area contributed by atoms with Crippen molar-refractivity contribution in [2.45, 2.75) is 19.9 Å². The zero-order valence-corrected chi connectivity index (χ0v) is 13.5. The maximum Gasteiger partial charge on any atom is 0.173 e. The highest BCUT2D eigenvalue weighted by Gasteiger charge is 2.18. The third kappa shape index (κ3) is 3.20. The summed E-state index contributed by atoms with van der Waals surface area (Å²) in [6.45, 7) is 3.86. The molecule has 2 aromatic rings. The Labute approximate surface area is 135 Å². The summed E-state index contributed by atoms with van der Waals surface area (Å²) in [6.07, 6.45) is 1.03. The zero-order valence-electron chi connectivity index (χ0n) is 11.9. The van der Waals surface area contributed by atoms with E-state index in [9.17, 15) is 0 Å². The lowest BCUT2D eigenvalue weighted by Crippen LogP contribution is -2.38. The first-order chi connectivity index (χ1) is 10.1. The number of rotatable bonds is 1. The summed E-state index contributed by atoms with van der Waals surface area (Å²) in [7, 11) is 0. The Morgan fingerprint density at radius 2 is 1.95 bits per heavy atom. The SMILES string of the molecule is Cc1ccc(Cl)cc1NC(=S)N1CCc2ccccc2C1. The molecule has 1 aliphatic rings. The van der Waals surface area contributed by atoms with Crippen LogP contribution in [0.25, 0.3) is 0 Å². The second kappa shape index (κ2) is 6.04. The monoisotopic (exact) mass is 316 g/mol. The molecule has 1 aliphatic heterocycles. The van der Waals surface area contributed by atoms with Crippen molar-refractivity contribution in [3.63, 3.8) is 0 Å². The van der Waals surface area contributed by atoms with Gasteiger partial charge in [0.1, 0.15) is 0 Å². The molecule has 0 atom stereocenters. The standard InChI is InChI=1S/C17H17ClN2S/c1-12-6-7-15(18)10-16(12)19-17(21)20-9-8-13-4-2-3-5-14(13)11-20/h2-7,10H,8-9,11H2,1H3,(H,19,21). The van der Waals surface area contributed by atoms with Crippen LogP contribution in [0.1, 0.15) is 16.7 Å². The molecule has 1 N–H and O–H groups in total. The molecule has 0 radical (unpaired) electrons. The quantitative estimate of drug-likeness (QED) is 0.785. The predicted octanol–water partition coefficient (Wildman–Crippen LogP) is 4.40. The number of aryl methyl sites for hydroxylation is 1. The van der Waals surface area contributed by atoms with Crippen LogP contribution < -0.4 is 5.32 Å². The van der Waals surface area contributed by atoms with E-state index in [2.05, 4.69) is 34.5 Å². The van der Waals surface area contributed by atoms with Crippen LogP contribution in [0.4, 0.5) is 5.69 Å². The van der Waals surface area contributed by atoms with Crippen LogP contribution in [-0.4, -0.2) is 16.6 Å². The Morgan fingerprint density at radius 3 is 2.76 bits per heavy atom. The Morgan fingerprint density at radius 1 is 1.19 bits per heavy atom. The Balaban J connectivity index is 1.74. The van der Waals surface area contributed by atoms with Crippen LogP contribution in [0, 0.1) is 6.92 Å². The van der Waals surface area contributed by atoms with E-state index in [0.29, 0.717) is 0 Å². The molecule has 4 heteroatoms. The molecule has 21 heavy (non-hydrogen) atoms. The van der Waals surface area contributed by atoms with Gasteiger partial charge < -0.3 is 10.2 Å². The second-order valence-corrected chi connectivity index (χ2v) is 6.15. The lowest BCUT2D eigenvalue weighted by atomic mass is 10.0. The highest BCUT2D eigenvalue weighted by molar-refractivity contribution is 7.80. The van der Waals surface area contributed by atoms with Crippen molar-refractivity contribution >= 4 is 34.6 Å². The zero-order chi connectivity index (χ0) is 14.8. The average Bonchev–Trinajstić information content (AvgIpc) is 2.50. The molecule has 1 heterocycles. The number of nitrogens with zero attached hydrogens (tertiary/aromatic N) is 1. The molecule has 2 aromatic carbocycles. The molecule has 0 bridgehead atoms. The van der Waals surface area contributed by atoms with E-state index in [1.807, 2.05) is 25.1 Å². The van der Waals surface area contributed by atoms with Gasteiger partial charge in [-0.3, -0.25) is 0 Å². The summed E-state index contributed by atoms with van der Waals surface area (Å²) < 4.78 is 0. The molecule has 0 fully saturated rings. The first-order valence-corrected chi connectivity index (χ1v) is 7.81. The minimum atomic E-state index is 0.717. The molecule has 0 spiro atoms. The number of hydrogen-bond acceptors (Lipinski definition) is 1. The number of benzene rings is 2. The molecule has 108 valence electrons. The van der Waals surface area contributed by atoms with Gasteiger partial charge in [0.15, 0.2) is 5.11 Å². The van der Waals surface area contributed by atoms with Gasteiger partial charge in [-0.2, -0.15) is 0 Å². The van der Waals surface area contributed by atoms with Crippen LogP contribution in [0.3, 0.4) is 0 Å². The topological polar surface area (TPSA) is 15.3 Å². The summed E-state index contributed by atoms with van der Waals surface area (Å²) >= 11 is 11.6. The second-order valence-electron chi connectivity index (χ2n) is 5.33. The number of nitrogens with one attached hydrogen (secondary N) is 1. The fraction of sp³-hybridized carbons (Fsp3) is 0.235. The Bertz CT molecular complexity index is 684. The minimum absolute atomic E-state index is 0.717. The smallest absolute Gasteiger partial charge is 0.173 e. The molecule has 0 saturated heterocycles. The van der Waals surface area contributed by atoms with Gasteiger partial charge in [0.05, 0.1) is 0 Å². The molecular weight excluding hydrogens is 300 g/mol. The average molecular weight is 317 g/mol. The number of fused-ring (bicyclic) bond motifs is 1. The van der Waals surface area contributed by atoms with Crippen molar-refractivity contribution in [3.8, 4) is 0 Å². The van der Waals surface area contributed by atoms with Gasteiger partial charge >= 0.3 is 0 Å². The first kappa shape index (κ1) is 14.4. The molecule has 0 aliphatic carbocycles. The fourth-order valence-electron chi connectivity index (χ4n) is 2.59. The first-order valence-electron chi connectivity index (χ1n) is 7.02. The van der Waals surface area contributed by atoms with Crippen molar-refractivity contribution in [1.29, 1.82) is 0 Å². The van der Waals surface area contributed by atoms with Crippen LogP contribution in [0.2, 0.25) is 5.02 Å². The number of halogens is 1. The molecule has 0 amide bonds. The van der Waals surface area contributed by atoms with E-state index >= 15 is 0 Å².